The van der Waals surface area contributed by atoms with Crippen LogP contribution in [0.25, 0.3) is 0 Å². The first-order valence-electron chi connectivity index (χ1n) is 21.8. The smallest absolute Gasteiger partial charge is 0.462 e. The normalized spacial score (nSPS) is 13.7. The molecule has 0 radical (unpaired) electrons. The molecule has 0 rings (SSSR count). The topological polar surface area (TPSA) is 108 Å². The molecule has 0 saturated heterocycles. The highest BCUT2D eigenvalue weighted by Crippen LogP contribution is 2.43. The second-order valence-electron chi connectivity index (χ2n) is 14.4. The maximum Gasteiger partial charge on any atom is 0.472 e. The minimum absolute atomic E-state index is 0.00259. The van der Waals surface area contributed by atoms with E-state index in [1.807, 2.05) is 0 Å². The van der Waals surface area contributed by atoms with E-state index >= 15 is 0 Å². The zero-order chi connectivity index (χ0) is 38.9. The quantitative estimate of drug-likeness (QED) is 0.0284. The molecule has 0 aliphatic heterocycles. The zero-order valence-corrected chi connectivity index (χ0v) is 35.3. The number of hydrogen-bond donors (Lipinski definition) is 1. The first-order chi connectivity index (χ1) is 25.8. The largest absolute Gasteiger partial charge is 0.472 e. The number of ether oxygens (including phenoxy) is 2. The van der Waals surface area contributed by atoms with Gasteiger partial charge in [-0.25, -0.2) is 4.57 Å². The molecule has 310 valence electrons. The van der Waals surface area contributed by atoms with Gasteiger partial charge in [0.25, 0.3) is 0 Å². The van der Waals surface area contributed by atoms with Crippen LogP contribution in [0.4, 0.5) is 0 Å². The Kier molecular flexibility index (Phi) is 38.6. The van der Waals surface area contributed by atoms with E-state index in [-0.39, 0.29) is 32.0 Å². The van der Waals surface area contributed by atoms with Gasteiger partial charge in [-0.15, -0.1) is 0 Å². The summed E-state index contributed by atoms with van der Waals surface area (Å²) < 4.78 is 32.6. The van der Waals surface area contributed by atoms with Crippen LogP contribution in [0, 0.1) is 0 Å². The molecule has 2 atom stereocenters. The van der Waals surface area contributed by atoms with Gasteiger partial charge in [0, 0.05) is 12.8 Å². The van der Waals surface area contributed by atoms with Gasteiger partial charge in [0.05, 0.1) is 13.2 Å². The van der Waals surface area contributed by atoms with E-state index in [0.29, 0.717) is 6.42 Å². The van der Waals surface area contributed by atoms with Crippen LogP contribution in [0.3, 0.4) is 0 Å². The van der Waals surface area contributed by atoms with Crippen molar-refractivity contribution in [2.45, 2.75) is 213 Å². The van der Waals surface area contributed by atoms with Crippen molar-refractivity contribution in [1.29, 1.82) is 0 Å². The van der Waals surface area contributed by atoms with Gasteiger partial charge in [-0.05, 0) is 77.6 Å². The molecule has 0 aliphatic rings. The van der Waals surface area contributed by atoms with Crippen LogP contribution < -0.4 is 0 Å². The Morgan fingerprint density at radius 2 is 0.906 bits per heavy atom. The lowest BCUT2D eigenvalue weighted by Gasteiger charge is -2.19. The van der Waals surface area contributed by atoms with Crippen LogP contribution in [0.5, 0.6) is 0 Å². The van der Waals surface area contributed by atoms with E-state index in [0.717, 1.165) is 70.6 Å². The number of unbranched alkanes of at least 4 members (excludes halogenated alkanes) is 22. The SMILES string of the molecule is CCCCCC/C=C\C/C=C\CCCCCCCCCC(=O)OC(COC(=O)CCCCCCC/C=C\CCCCCCCC)COP(=O)(O)OCC. The van der Waals surface area contributed by atoms with Crippen LogP contribution in [0.15, 0.2) is 36.5 Å². The Morgan fingerprint density at radius 3 is 1.38 bits per heavy atom. The van der Waals surface area contributed by atoms with Crippen molar-refractivity contribution < 1.29 is 37.6 Å². The van der Waals surface area contributed by atoms with Crippen molar-refractivity contribution in [2.75, 3.05) is 19.8 Å². The summed E-state index contributed by atoms with van der Waals surface area (Å²) in [6.45, 7) is 5.44. The average molecular weight is 769 g/mol. The lowest BCUT2D eigenvalue weighted by Crippen LogP contribution is -2.29. The first kappa shape index (κ1) is 51.3. The van der Waals surface area contributed by atoms with Crippen LogP contribution in [0.1, 0.15) is 207 Å². The van der Waals surface area contributed by atoms with Crippen LogP contribution in [0.2, 0.25) is 0 Å². The molecule has 0 fully saturated rings. The first-order valence-corrected chi connectivity index (χ1v) is 23.3. The van der Waals surface area contributed by atoms with Gasteiger partial charge in [-0.2, -0.15) is 0 Å². The Labute approximate surface area is 325 Å². The van der Waals surface area contributed by atoms with Gasteiger partial charge in [-0.3, -0.25) is 18.6 Å². The zero-order valence-electron chi connectivity index (χ0n) is 34.4. The van der Waals surface area contributed by atoms with Crippen molar-refractivity contribution in [1.82, 2.24) is 0 Å². The van der Waals surface area contributed by atoms with Gasteiger partial charge >= 0.3 is 19.8 Å². The van der Waals surface area contributed by atoms with E-state index < -0.39 is 26.5 Å². The van der Waals surface area contributed by atoms with Crippen molar-refractivity contribution in [3.05, 3.63) is 36.5 Å². The number of allylic oxidation sites excluding steroid dienone is 6. The van der Waals surface area contributed by atoms with Crippen molar-refractivity contribution in [3.63, 3.8) is 0 Å². The predicted octanol–water partition coefficient (Wildman–Crippen LogP) is 13.6. The highest BCUT2D eigenvalue weighted by Gasteiger charge is 2.25. The number of phosphoric acid groups is 1. The molecule has 0 aromatic heterocycles. The average Bonchev–Trinajstić information content (AvgIpc) is 3.13. The van der Waals surface area contributed by atoms with E-state index in [2.05, 4.69) is 50.3 Å². The van der Waals surface area contributed by atoms with Crippen LogP contribution in [-0.2, 0) is 32.7 Å². The summed E-state index contributed by atoms with van der Waals surface area (Å²) in [7, 11) is -4.28. The van der Waals surface area contributed by atoms with E-state index in [9.17, 15) is 19.0 Å². The molecule has 0 saturated carbocycles. The van der Waals surface area contributed by atoms with Gasteiger partial charge in [0.15, 0.2) is 6.10 Å². The van der Waals surface area contributed by atoms with Gasteiger partial charge < -0.3 is 14.4 Å². The summed E-state index contributed by atoms with van der Waals surface area (Å²) in [4.78, 5) is 34.7. The standard InChI is InChI=1S/C44H81O8P/c1-4-7-9-11-13-15-17-19-21-22-23-25-27-29-31-33-35-37-39-44(46)52-42(41-51-53(47,48)50-6-3)40-49-43(45)38-36-34-32-30-28-26-24-20-18-16-14-12-10-8-5-2/h15,17,20-22,24,42H,4-14,16,18-19,23,25-41H2,1-3H3,(H,47,48)/b17-15-,22-21-,24-20-. The monoisotopic (exact) mass is 769 g/mol. The summed E-state index contributed by atoms with van der Waals surface area (Å²) in [5.41, 5.74) is 0. The minimum Gasteiger partial charge on any atom is -0.462 e. The fraction of sp³-hybridized carbons (Fsp3) is 0.818. The third kappa shape index (κ3) is 39.8. The molecule has 8 nitrogen and oxygen atoms in total. The van der Waals surface area contributed by atoms with Crippen molar-refractivity contribution >= 4 is 19.8 Å². The fourth-order valence-electron chi connectivity index (χ4n) is 5.95. The van der Waals surface area contributed by atoms with E-state index in [1.165, 1.54) is 96.3 Å². The Hall–Kier alpha value is -1.73. The number of esters is 2. The highest BCUT2D eigenvalue weighted by atomic mass is 31.2. The summed E-state index contributed by atoms with van der Waals surface area (Å²) in [5.74, 6) is -0.813. The van der Waals surface area contributed by atoms with Crippen LogP contribution in [-0.4, -0.2) is 42.8 Å². The molecule has 0 aliphatic carbocycles. The predicted molar refractivity (Wildman–Crippen MR) is 221 cm³/mol. The highest BCUT2D eigenvalue weighted by molar-refractivity contribution is 7.47. The van der Waals surface area contributed by atoms with Gasteiger partial charge in [-0.1, -0.05) is 153 Å². The maximum atomic E-state index is 12.6. The molecule has 0 amide bonds. The second-order valence-corrected chi connectivity index (χ2v) is 15.8. The molecule has 53 heavy (non-hydrogen) atoms. The Balaban J connectivity index is 4.10. The van der Waals surface area contributed by atoms with Gasteiger partial charge in [0.2, 0.25) is 0 Å². The number of phosphoric ester groups is 1. The molecule has 0 aromatic carbocycles. The Bertz CT molecular complexity index is 963. The molecule has 0 spiro atoms. The summed E-state index contributed by atoms with van der Waals surface area (Å²) >= 11 is 0. The summed E-state index contributed by atoms with van der Waals surface area (Å²) in [5, 5.41) is 0. The number of carbonyl (C=O) groups excluding carboxylic acids is 2. The van der Waals surface area contributed by atoms with E-state index in [4.69, 9.17) is 18.5 Å². The molecule has 2 unspecified atom stereocenters. The lowest BCUT2D eigenvalue weighted by molar-refractivity contribution is -0.161. The molecule has 1 N–H and O–H groups in total. The summed E-state index contributed by atoms with van der Waals surface area (Å²) in [6, 6.07) is 0. The van der Waals surface area contributed by atoms with Crippen molar-refractivity contribution in [2.24, 2.45) is 0 Å². The van der Waals surface area contributed by atoms with Gasteiger partial charge in [0.1, 0.15) is 6.61 Å². The fourth-order valence-corrected chi connectivity index (χ4v) is 6.70. The number of carbonyl (C=O) groups is 2. The third-order valence-corrected chi connectivity index (χ3v) is 10.2. The molecule has 0 heterocycles. The second kappa shape index (κ2) is 39.9. The number of rotatable bonds is 40. The molecule has 0 bridgehead atoms. The Morgan fingerprint density at radius 1 is 0.509 bits per heavy atom. The number of hydrogen-bond acceptors (Lipinski definition) is 7. The van der Waals surface area contributed by atoms with Crippen LogP contribution >= 0.6 is 7.82 Å². The van der Waals surface area contributed by atoms with Crippen molar-refractivity contribution in [3.8, 4) is 0 Å². The minimum atomic E-state index is -4.28. The van der Waals surface area contributed by atoms with E-state index in [1.54, 1.807) is 6.92 Å². The summed E-state index contributed by atoms with van der Waals surface area (Å²) in [6.07, 6.45) is 44.8. The lowest BCUT2D eigenvalue weighted by atomic mass is 10.1. The molecule has 0 aromatic rings. The molecular formula is C44H81O8P. The maximum absolute atomic E-state index is 12.6. The molecular weight excluding hydrogens is 687 g/mol. The molecule has 9 heteroatoms. The third-order valence-electron chi connectivity index (χ3n) is 9.17.